The summed E-state index contributed by atoms with van der Waals surface area (Å²) in [6.07, 6.45) is -0.228. The van der Waals surface area contributed by atoms with E-state index >= 15 is 0 Å². The quantitative estimate of drug-likeness (QED) is 0.0982. The van der Waals surface area contributed by atoms with Crippen molar-refractivity contribution >= 4 is 0 Å². The second-order valence-electron chi connectivity index (χ2n) is 18.5. The van der Waals surface area contributed by atoms with Crippen molar-refractivity contribution in [2.24, 2.45) is 0 Å². The molecule has 0 saturated carbocycles. The van der Waals surface area contributed by atoms with Crippen molar-refractivity contribution in [1.29, 1.82) is 0 Å². The number of para-hydroxylation sites is 1. The molecular weight excluding hydrogens is 2070 g/mol. The molecule has 0 unspecified atom stereocenters. The van der Waals surface area contributed by atoms with Crippen molar-refractivity contribution in [2.75, 3.05) is 21.3 Å². The Morgan fingerprint density at radius 3 is 1.30 bits per heavy atom. The first-order valence-corrected chi connectivity index (χ1v) is 25.9. The van der Waals surface area contributed by atoms with Crippen molar-refractivity contribution in [3.63, 3.8) is 0 Å². The van der Waals surface area contributed by atoms with E-state index in [-0.39, 0.29) is 111 Å². The third-order valence-corrected chi connectivity index (χ3v) is 12.6. The number of aromatic nitrogens is 10. The Bertz CT molecular complexity index is 3830. The Morgan fingerprint density at radius 1 is 0.427 bits per heavy atom. The molecule has 25 heteroatoms. The molecule has 0 aliphatic heterocycles. The van der Waals surface area contributed by atoms with Crippen LogP contribution in [0.5, 0.6) is 17.5 Å². The minimum atomic E-state index is -4.53. The zero-order valence-corrected chi connectivity index (χ0v) is 60.5. The number of halogens is 7. The monoisotopic (exact) mass is 2120 g/mol. The van der Waals surface area contributed by atoms with Crippen molar-refractivity contribution < 1.29 is 150 Å². The molecule has 5 heterocycles. The topological polar surface area (TPSA) is 117 Å². The standard InChI is InChI=1S/C17H12F3N2O.C13H15N2.C12H13N2O.C11H8F3N2O.C11H10FN2.5Pt/c1-23-16-15(17(18,19)20)11-22(21-16)14-9-5-8-13(10-14)12-6-3-2-4-7-12;1-4-12-9-15(14-11(12)3)13-7-5-6-10(2)8-13;1-9-8-14(13-10(9)2)11-4-6-12(15-3)7-5-11;1-17-10-9(11(12,13)14)7-16(15-10)8-5-3-2-4-6-8;1-8-7-14(13-9(8)2)11-5-3-10(12)4-6-11;;;;;/h2-8,10-11H,1H3;5-6,8-9H,4H2,1-3H3;4,6-8H,1-3H3;2-5,7H,1H3;3-5,7H,1-2H3;;;;;/q5*-1;;;;;. The summed E-state index contributed by atoms with van der Waals surface area (Å²) in [6.45, 7) is 14.2. The predicted octanol–water partition coefficient (Wildman–Crippen LogP) is 14.6. The van der Waals surface area contributed by atoms with Crippen LogP contribution < -0.4 is 14.2 Å². The van der Waals surface area contributed by atoms with E-state index in [2.05, 4.69) is 86.7 Å². The molecular formula is C64H58F7N10O3Pt5-5. The second kappa shape index (κ2) is 36.5. The molecule has 0 saturated heterocycles. The van der Waals surface area contributed by atoms with Gasteiger partial charge in [-0.3, -0.25) is 27.8 Å². The van der Waals surface area contributed by atoms with Crippen LogP contribution in [0.1, 0.15) is 57.4 Å². The molecule has 0 aliphatic rings. The molecule has 11 rings (SSSR count). The van der Waals surface area contributed by atoms with Crippen LogP contribution in [0, 0.1) is 77.7 Å². The fraction of sp³-hybridized carbons (Fsp3) is 0.203. The summed E-state index contributed by atoms with van der Waals surface area (Å²) in [4.78, 5) is 0. The van der Waals surface area contributed by atoms with Crippen LogP contribution in [-0.2, 0) is 124 Å². The Balaban J connectivity index is 0.000000378. The maximum Gasteiger partial charge on any atom is 0.423 e. The molecule has 6 aromatic carbocycles. The summed E-state index contributed by atoms with van der Waals surface area (Å²) in [5.41, 5.74) is 11.4. The van der Waals surface area contributed by atoms with E-state index in [0.717, 1.165) is 99.0 Å². The first-order chi connectivity index (χ1) is 40.1. The molecule has 89 heavy (non-hydrogen) atoms. The fourth-order valence-corrected chi connectivity index (χ4v) is 7.79. The summed E-state index contributed by atoms with van der Waals surface area (Å²) in [5.74, 6) is -0.389. The molecule has 0 aliphatic carbocycles. The number of alkyl halides is 6. The van der Waals surface area contributed by atoms with Gasteiger partial charge in [0, 0.05) is 148 Å². The van der Waals surface area contributed by atoms with E-state index < -0.39 is 35.2 Å². The SMILES string of the molecule is CCc1cn(-c2[c-]ccc(C)c2)nc1C.COc1c[c-]c(-n2cc(C)c(C)n2)cc1.COc1nn(-c2[c-]ccc(-c3ccccc3)c2)cc1C(F)(F)F.COc1nn(-c2[c-]cccc2)cc1C(F)(F)F.Cc1cn(-c2[c-]cc(F)cc2)nc1C.[Pt].[Pt].[Pt].[Pt].[Pt]. The number of hydrogen-bond acceptors (Lipinski definition) is 8. The number of methoxy groups -OCH3 is 3. The van der Waals surface area contributed by atoms with Crippen molar-refractivity contribution in [3.8, 4) is 57.1 Å². The molecule has 5 aromatic heterocycles. The van der Waals surface area contributed by atoms with Gasteiger partial charge in [-0.1, -0.05) is 44.2 Å². The first-order valence-electron chi connectivity index (χ1n) is 25.9. The molecule has 0 radical (unpaired) electrons. The maximum atomic E-state index is 13.0. The van der Waals surface area contributed by atoms with E-state index in [1.54, 1.807) is 54.3 Å². The minimum absolute atomic E-state index is 0. The normalized spacial score (nSPS) is 10.3. The molecule has 0 spiro atoms. The molecule has 0 atom stereocenters. The van der Waals surface area contributed by atoms with Crippen molar-refractivity contribution in [2.45, 2.75) is 67.2 Å². The molecule has 13 nitrogen and oxygen atoms in total. The zero-order chi connectivity index (χ0) is 60.7. The Labute approximate surface area is 584 Å². The van der Waals surface area contributed by atoms with Gasteiger partial charge < -0.3 is 14.2 Å². The number of rotatable bonds is 10. The molecule has 0 bridgehead atoms. The van der Waals surface area contributed by atoms with Gasteiger partial charge in [-0.15, -0.1) is 70.4 Å². The summed E-state index contributed by atoms with van der Waals surface area (Å²) in [5, 5.41) is 20.7. The molecule has 0 fully saturated rings. The number of ether oxygens (including phenoxy) is 3. The number of aryl methyl sites for hydroxylation is 7. The fourth-order valence-electron chi connectivity index (χ4n) is 7.79. The van der Waals surface area contributed by atoms with Crippen LogP contribution in [0.2, 0.25) is 0 Å². The van der Waals surface area contributed by atoms with Crippen LogP contribution in [0.3, 0.4) is 0 Å². The van der Waals surface area contributed by atoms with Gasteiger partial charge in [0.2, 0.25) is 11.8 Å². The van der Waals surface area contributed by atoms with E-state index in [1.807, 2.05) is 123 Å². The second-order valence-corrected chi connectivity index (χ2v) is 18.5. The third kappa shape index (κ3) is 22.0. The smallest absolute Gasteiger partial charge is 0.423 e. The summed E-state index contributed by atoms with van der Waals surface area (Å²) >= 11 is 0. The number of hydrogen-bond donors (Lipinski definition) is 0. The van der Waals surface area contributed by atoms with E-state index in [1.165, 1.54) is 28.8 Å². The van der Waals surface area contributed by atoms with Gasteiger partial charge in [-0.05, 0) is 91.7 Å². The molecule has 486 valence electrons. The Hall–Kier alpha value is -6.28. The number of nitrogens with zero attached hydrogens (tertiary/aromatic N) is 10. The van der Waals surface area contributed by atoms with E-state index in [9.17, 15) is 30.7 Å². The molecule has 0 N–H and O–H groups in total. The molecule has 11 aromatic rings. The molecule has 0 amide bonds. The van der Waals surface area contributed by atoms with Gasteiger partial charge in [-0.25, -0.2) is 0 Å². The van der Waals surface area contributed by atoms with Gasteiger partial charge in [0.1, 0.15) is 11.1 Å². The predicted molar refractivity (Wildman–Crippen MR) is 305 cm³/mol. The zero-order valence-electron chi connectivity index (χ0n) is 49.1. The Morgan fingerprint density at radius 2 is 0.888 bits per heavy atom. The maximum absolute atomic E-state index is 13.0. The van der Waals surface area contributed by atoms with E-state index in [0.29, 0.717) is 11.4 Å². The van der Waals surface area contributed by atoms with Crippen LogP contribution in [0.15, 0.2) is 158 Å². The van der Waals surface area contributed by atoms with Crippen LogP contribution >= 0.6 is 0 Å². The summed E-state index contributed by atoms with van der Waals surface area (Å²) < 4.78 is 111. The largest absolute Gasteiger partial charge is 0.554 e. The van der Waals surface area contributed by atoms with Gasteiger partial charge in [0.15, 0.2) is 0 Å². The van der Waals surface area contributed by atoms with Crippen molar-refractivity contribution in [1.82, 2.24) is 48.9 Å². The summed E-state index contributed by atoms with van der Waals surface area (Å²) in [7, 11) is 3.95. The van der Waals surface area contributed by atoms with E-state index in [4.69, 9.17) is 9.47 Å². The summed E-state index contributed by atoms with van der Waals surface area (Å²) in [6, 6.07) is 52.2. The van der Waals surface area contributed by atoms with Crippen LogP contribution in [-0.4, -0.2) is 70.2 Å². The third-order valence-electron chi connectivity index (χ3n) is 12.6. The van der Waals surface area contributed by atoms with Gasteiger partial charge >= 0.3 is 12.4 Å². The van der Waals surface area contributed by atoms with Crippen LogP contribution in [0.25, 0.3) is 39.6 Å². The number of benzene rings is 6. The Kier molecular flexibility index (Phi) is 32.4. The first kappa shape index (κ1) is 78.8. The minimum Gasteiger partial charge on any atom is -0.554 e. The average molecular weight is 2120 g/mol. The van der Waals surface area contributed by atoms with Crippen molar-refractivity contribution in [3.05, 3.63) is 245 Å². The van der Waals surface area contributed by atoms with Gasteiger partial charge in [0.25, 0.3) is 0 Å². The van der Waals surface area contributed by atoms with Crippen LogP contribution in [0.4, 0.5) is 30.7 Å². The van der Waals surface area contributed by atoms with Gasteiger partial charge in [-0.2, -0.15) is 120 Å². The average Bonchev–Trinajstić information content (AvgIpc) is 2.09. The van der Waals surface area contributed by atoms with Gasteiger partial charge in [0.05, 0.1) is 38.4 Å².